The van der Waals surface area contributed by atoms with Crippen molar-refractivity contribution in [1.82, 2.24) is 0 Å². The molecule has 0 aliphatic heterocycles. The third-order valence-electron chi connectivity index (χ3n) is 2.59. The van der Waals surface area contributed by atoms with Gasteiger partial charge in [-0.2, -0.15) is 0 Å². The van der Waals surface area contributed by atoms with Crippen LogP contribution in [0, 0.1) is 5.82 Å². The van der Waals surface area contributed by atoms with E-state index in [1.807, 2.05) is 25.1 Å². The van der Waals surface area contributed by atoms with Gasteiger partial charge in [0.15, 0.2) is 0 Å². The maximum Gasteiger partial charge on any atom is 0.123 e. The zero-order chi connectivity index (χ0) is 13.7. The molecule has 100 valence electrons. The van der Waals surface area contributed by atoms with Crippen molar-refractivity contribution in [2.24, 2.45) is 0 Å². The fraction of sp³-hybridized carbons (Fsp3) is 0.200. The molecule has 2 aromatic rings. The number of thioether (sulfide) groups is 1. The molecule has 19 heavy (non-hydrogen) atoms. The molecule has 0 aromatic heterocycles. The average Bonchev–Trinajstić information content (AvgIpc) is 2.41. The molecule has 0 heterocycles. The van der Waals surface area contributed by atoms with Gasteiger partial charge in [0.05, 0.1) is 6.61 Å². The molecule has 0 saturated heterocycles. The molecule has 0 saturated carbocycles. The van der Waals surface area contributed by atoms with Crippen molar-refractivity contribution in [1.29, 1.82) is 0 Å². The number of anilines is 1. The van der Waals surface area contributed by atoms with Crippen molar-refractivity contribution in [3.63, 3.8) is 0 Å². The SMILES string of the molecule is CCOc1ccc(N)cc1CSc1ccc(F)cc1. The molecular formula is C15H16FNOS. The summed E-state index contributed by atoms with van der Waals surface area (Å²) in [5.41, 5.74) is 7.57. The minimum Gasteiger partial charge on any atom is -0.494 e. The van der Waals surface area contributed by atoms with Gasteiger partial charge in [0.2, 0.25) is 0 Å². The van der Waals surface area contributed by atoms with Gasteiger partial charge in [-0.25, -0.2) is 4.39 Å². The number of hydrogen-bond donors (Lipinski definition) is 1. The molecule has 0 aliphatic carbocycles. The van der Waals surface area contributed by atoms with Crippen molar-refractivity contribution < 1.29 is 9.13 Å². The number of benzene rings is 2. The van der Waals surface area contributed by atoms with Gasteiger partial charge in [-0.3, -0.25) is 0 Å². The van der Waals surface area contributed by atoms with Crippen LogP contribution in [0.2, 0.25) is 0 Å². The van der Waals surface area contributed by atoms with Gasteiger partial charge in [0, 0.05) is 21.9 Å². The summed E-state index contributed by atoms with van der Waals surface area (Å²) in [7, 11) is 0. The zero-order valence-electron chi connectivity index (χ0n) is 10.7. The van der Waals surface area contributed by atoms with Crippen LogP contribution in [0.5, 0.6) is 5.75 Å². The summed E-state index contributed by atoms with van der Waals surface area (Å²) >= 11 is 1.63. The maximum atomic E-state index is 12.8. The van der Waals surface area contributed by atoms with Crippen molar-refractivity contribution in [2.45, 2.75) is 17.6 Å². The molecule has 0 fully saturated rings. The summed E-state index contributed by atoms with van der Waals surface area (Å²) < 4.78 is 18.4. The van der Waals surface area contributed by atoms with Gasteiger partial charge in [0.1, 0.15) is 11.6 Å². The summed E-state index contributed by atoms with van der Waals surface area (Å²) in [6, 6.07) is 12.1. The molecule has 2 rings (SSSR count). The second kappa shape index (κ2) is 6.48. The van der Waals surface area contributed by atoms with E-state index < -0.39 is 0 Å². The quantitative estimate of drug-likeness (QED) is 0.660. The van der Waals surface area contributed by atoms with E-state index in [4.69, 9.17) is 10.5 Å². The Morgan fingerprint density at radius 1 is 1.16 bits per heavy atom. The van der Waals surface area contributed by atoms with Gasteiger partial charge in [-0.15, -0.1) is 11.8 Å². The smallest absolute Gasteiger partial charge is 0.123 e. The lowest BCUT2D eigenvalue weighted by Crippen LogP contribution is -1.97. The highest BCUT2D eigenvalue weighted by molar-refractivity contribution is 7.98. The number of ether oxygens (including phenoxy) is 1. The number of halogens is 1. The molecule has 0 amide bonds. The van der Waals surface area contributed by atoms with Gasteiger partial charge < -0.3 is 10.5 Å². The topological polar surface area (TPSA) is 35.2 Å². The highest BCUT2D eigenvalue weighted by Gasteiger charge is 2.05. The summed E-state index contributed by atoms with van der Waals surface area (Å²) in [6.07, 6.45) is 0. The monoisotopic (exact) mass is 277 g/mol. The van der Waals surface area contributed by atoms with Gasteiger partial charge in [-0.1, -0.05) is 0 Å². The molecule has 0 spiro atoms. The molecule has 0 radical (unpaired) electrons. The Bertz CT molecular complexity index is 542. The first-order valence-corrected chi connectivity index (χ1v) is 7.07. The van der Waals surface area contributed by atoms with E-state index in [9.17, 15) is 4.39 Å². The van der Waals surface area contributed by atoms with Crippen molar-refractivity contribution >= 4 is 17.4 Å². The number of hydrogen-bond acceptors (Lipinski definition) is 3. The van der Waals surface area contributed by atoms with Crippen LogP contribution in [0.4, 0.5) is 10.1 Å². The summed E-state index contributed by atoms with van der Waals surface area (Å²) in [4.78, 5) is 1.02. The highest BCUT2D eigenvalue weighted by atomic mass is 32.2. The summed E-state index contributed by atoms with van der Waals surface area (Å²) in [5, 5.41) is 0. The van der Waals surface area contributed by atoms with E-state index in [1.54, 1.807) is 23.9 Å². The predicted molar refractivity (Wildman–Crippen MR) is 78.0 cm³/mol. The molecule has 2 nitrogen and oxygen atoms in total. The standard InChI is InChI=1S/C15H16FNOS/c1-2-18-15-8-5-13(17)9-11(15)10-19-14-6-3-12(16)4-7-14/h3-9H,2,10,17H2,1H3. The third kappa shape index (κ3) is 3.89. The number of nitrogen functional groups attached to an aromatic ring is 1. The first-order valence-electron chi connectivity index (χ1n) is 6.08. The molecule has 2 aromatic carbocycles. The van der Waals surface area contributed by atoms with Crippen LogP contribution < -0.4 is 10.5 Å². The minimum atomic E-state index is -0.219. The fourth-order valence-electron chi connectivity index (χ4n) is 1.70. The normalized spacial score (nSPS) is 10.4. The van der Waals surface area contributed by atoms with E-state index in [1.165, 1.54) is 12.1 Å². The lowest BCUT2D eigenvalue weighted by molar-refractivity contribution is 0.337. The molecule has 0 atom stereocenters. The van der Waals surface area contributed by atoms with E-state index in [2.05, 4.69) is 0 Å². The van der Waals surface area contributed by atoms with Crippen LogP contribution in [-0.4, -0.2) is 6.61 Å². The van der Waals surface area contributed by atoms with E-state index >= 15 is 0 Å². The molecule has 0 unspecified atom stereocenters. The Labute approximate surface area is 116 Å². The molecule has 4 heteroatoms. The lowest BCUT2D eigenvalue weighted by atomic mass is 10.2. The van der Waals surface area contributed by atoms with E-state index in [0.717, 1.165) is 27.6 Å². The Balaban J connectivity index is 2.09. The van der Waals surface area contributed by atoms with Crippen LogP contribution in [0.25, 0.3) is 0 Å². The molecule has 0 aliphatic rings. The third-order valence-corrected chi connectivity index (χ3v) is 3.65. The van der Waals surface area contributed by atoms with Crippen molar-refractivity contribution in [3.8, 4) is 5.75 Å². The summed E-state index contributed by atoms with van der Waals surface area (Å²) in [6.45, 7) is 2.57. The predicted octanol–water partition coefficient (Wildman–Crippen LogP) is 4.10. The van der Waals surface area contributed by atoms with Gasteiger partial charge in [0.25, 0.3) is 0 Å². The van der Waals surface area contributed by atoms with Crippen molar-refractivity contribution in [2.75, 3.05) is 12.3 Å². The number of rotatable bonds is 5. The largest absolute Gasteiger partial charge is 0.494 e. The van der Waals surface area contributed by atoms with Crippen molar-refractivity contribution in [3.05, 3.63) is 53.8 Å². The molecule has 0 bridgehead atoms. The van der Waals surface area contributed by atoms with Crippen LogP contribution in [-0.2, 0) is 5.75 Å². The van der Waals surface area contributed by atoms with Crippen LogP contribution in [0.1, 0.15) is 12.5 Å². The van der Waals surface area contributed by atoms with E-state index in [-0.39, 0.29) is 5.82 Å². The first-order chi connectivity index (χ1) is 9.19. The van der Waals surface area contributed by atoms with E-state index in [0.29, 0.717) is 6.61 Å². The van der Waals surface area contributed by atoms with Crippen LogP contribution in [0.3, 0.4) is 0 Å². The minimum absolute atomic E-state index is 0.219. The average molecular weight is 277 g/mol. The Kier molecular flexibility index (Phi) is 4.68. The Morgan fingerprint density at radius 2 is 1.89 bits per heavy atom. The van der Waals surface area contributed by atoms with Crippen LogP contribution >= 0.6 is 11.8 Å². The molecule has 2 N–H and O–H groups in total. The number of nitrogens with two attached hydrogens (primary N) is 1. The Morgan fingerprint density at radius 3 is 2.58 bits per heavy atom. The molecular weight excluding hydrogens is 261 g/mol. The maximum absolute atomic E-state index is 12.8. The summed E-state index contributed by atoms with van der Waals surface area (Å²) in [5.74, 6) is 1.38. The zero-order valence-corrected chi connectivity index (χ0v) is 11.5. The Hall–Kier alpha value is -1.68. The first kappa shape index (κ1) is 13.7. The lowest BCUT2D eigenvalue weighted by Gasteiger charge is -2.10. The van der Waals surface area contributed by atoms with Gasteiger partial charge >= 0.3 is 0 Å². The fourth-order valence-corrected chi connectivity index (χ4v) is 2.58. The van der Waals surface area contributed by atoms with Gasteiger partial charge in [-0.05, 0) is 49.4 Å². The second-order valence-electron chi connectivity index (χ2n) is 4.04. The second-order valence-corrected chi connectivity index (χ2v) is 5.09. The van der Waals surface area contributed by atoms with Crippen LogP contribution in [0.15, 0.2) is 47.4 Å². The highest BCUT2D eigenvalue weighted by Crippen LogP contribution is 2.29.